The number of carbonyl (C=O) groups excluding carboxylic acids is 2. The molecular formula is C55H105NO5. The minimum Gasteiger partial charge on any atom is -0.466 e. The molecule has 0 aromatic heterocycles. The van der Waals surface area contributed by atoms with Crippen LogP contribution in [0.3, 0.4) is 0 Å². The fourth-order valence-corrected chi connectivity index (χ4v) is 8.32. The maximum absolute atomic E-state index is 12.5. The molecule has 3 N–H and O–H groups in total. The van der Waals surface area contributed by atoms with Crippen LogP contribution in [0.25, 0.3) is 0 Å². The Balaban J connectivity index is 3.49. The third-order valence-electron chi connectivity index (χ3n) is 12.5. The van der Waals surface area contributed by atoms with E-state index in [0.717, 1.165) is 70.6 Å². The summed E-state index contributed by atoms with van der Waals surface area (Å²) in [5, 5.41) is 23.3. The van der Waals surface area contributed by atoms with E-state index in [1.165, 1.54) is 186 Å². The number of unbranched alkanes of at least 4 members (excludes halogenated alkanes) is 35. The van der Waals surface area contributed by atoms with Gasteiger partial charge in [0.2, 0.25) is 5.91 Å². The number of carbonyl (C=O) groups is 2. The molecule has 0 radical (unpaired) electrons. The summed E-state index contributed by atoms with van der Waals surface area (Å²) >= 11 is 0. The van der Waals surface area contributed by atoms with Crippen molar-refractivity contribution in [2.24, 2.45) is 0 Å². The number of nitrogens with one attached hydrogen (secondary N) is 1. The average Bonchev–Trinajstić information content (AvgIpc) is 3.26. The zero-order chi connectivity index (χ0) is 44.4. The fourth-order valence-electron chi connectivity index (χ4n) is 8.32. The van der Waals surface area contributed by atoms with Gasteiger partial charge in [0.05, 0.1) is 25.4 Å². The molecule has 0 rings (SSSR count). The summed E-state index contributed by atoms with van der Waals surface area (Å²) in [4.78, 5) is 24.5. The Morgan fingerprint density at radius 2 is 0.820 bits per heavy atom. The van der Waals surface area contributed by atoms with Crippen LogP contribution in [0.2, 0.25) is 0 Å². The molecule has 0 aromatic rings. The number of aliphatic hydroxyl groups is 2. The zero-order valence-corrected chi connectivity index (χ0v) is 40.9. The number of hydrogen-bond donors (Lipinski definition) is 3. The molecule has 2 unspecified atom stereocenters. The quantitative estimate of drug-likeness (QED) is 0.0322. The van der Waals surface area contributed by atoms with E-state index in [-0.39, 0.29) is 18.5 Å². The predicted molar refractivity (Wildman–Crippen MR) is 264 cm³/mol. The van der Waals surface area contributed by atoms with Gasteiger partial charge in [0.15, 0.2) is 0 Å². The molecule has 1 amide bonds. The van der Waals surface area contributed by atoms with E-state index < -0.39 is 12.1 Å². The Labute approximate surface area is 380 Å². The Morgan fingerprint density at radius 3 is 1.28 bits per heavy atom. The molecule has 0 aliphatic rings. The standard InChI is InChI=1S/C55H105NO5/c1-3-5-7-9-11-13-15-17-19-20-21-22-24-25-27-31-35-39-43-47-53(58)52(51-57)56-54(59)48-44-40-36-32-29-30-34-38-42-46-50-61-55(60)49-45-41-37-33-28-26-23-18-16-14-12-10-8-6-4-2/h12,14,18,23,52-53,57-58H,3-11,13,15-17,19-22,24-51H2,1-2H3,(H,56,59)/b14-12-,23-18-. The number of hydrogen-bond acceptors (Lipinski definition) is 5. The number of esters is 1. The molecular weight excluding hydrogens is 755 g/mol. The van der Waals surface area contributed by atoms with Crippen LogP contribution in [-0.2, 0) is 14.3 Å². The number of aliphatic hydroxyl groups excluding tert-OH is 2. The van der Waals surface area contributed by atoms with Crippen molar-refractivity contribution in [3.8, 4) is 0 Å². The van der Waals surface area contributed by atoms with Crippen LogP contribution < -0.4 is 5.32 Å². The zero-order valence-electron chi connectivity index (χ0n) is 40.9. The van der Waals surface area contributed by atoms with E-state index >= 15 is 0 Å². The van der Waals surface area contributed by atoms with E-state index in [0.29, 0.717) is 25.9 Å². The molecule has 61 heavy (non-hydrogen) atoms. The van der Waals surface area contributed by atoms with E-state index in [2.05, 4.69) is 43.5 Å². The molecule has 6 nitrogen and oxygen atoms in total. The van der Waals surface area contributed by atoms with Crippen LogP contribution in [0.15, 0.2) is 24.3 Å². The summed E-state index contributed by atoms with van der Waals surface area (Å²) in [7, 11) is 0. The number of amides is 1. The third kappa shape index (κ3) is 47.7. The van der Waals surface area contributed by atoms with Crippen molar-refractivity contribution in [2.45, 2.75) is 302 Å². The van der Waals surface area contributed by atoms with Crippen LogP contribution in [-0.4, -0.2) is 47.4 Å². The summed E-state index contributed by atoms with van der Waals surface area (Å²) in [6, 6.07) is -0.559. The van der Waals surface area contributed by atoms with Gasteiger partial charge in [0, 0.05) is 12.8 Å². The van der Waals surface area contributed by atoms with Crippen LogP contribution in [0.5, 0.6) is 0 Å². The Bertz CT molecular complexity index is 951. The first-order valence-corrected chi connectivity index (χ1v) is 27.1. The molecule has 2 atom stereocenters. The van der Waals surface area contributed by atoms with E-state index in [4.69, 9.17) is 4.74 Å². The second-order valence-electron chi connectivity index (χ2n) is 18.6. The fraction of sp³-hybridized carbons (Fsp3) is 0.891. The highest BCUT2D eigenvalue weighted by molar-refractivity contribution is 5.76. The van der Waals surface area contributed by atoms with Gasteiger partial charge in [0.1, 0.15) is 0 Å². The molecule has 6 heteroatoms. The average molecular weight is 860 g/mol. The molecule has 0 fully saturated rings. The van der Waals surface area contributed by atoms with Crippen molar-refractivity contribution in [3.63, 3.8) is 0 Å². The molecule has 0 aliphatic heterocycles. The van der Waals surface area contributed by atoms with Crippen molar-refractivity contribution in [3.05, 3.63) is 24.3 Å². The van der Waals surface area contributed by atoms with Crippen molar-refractivity contribution in [1.29, 1.82) is 0 Å². The molecule has 0 heterocycles. The van der Waals surface area contributed by atoms with Gasteiger partial charge in [-0.3, -0.25) is 9.59 Å². The van der Waals surface area contributed by atoms with Crippen molar-refractivity contribution >= 4 is 11.9 Å². The summed E-state index contributed by atoms with van der Waals surface area (Å²) in [5.74, 6) is -0.0892. The minimum absolute atomic E-state index is 0.0323. The smallest absolute Gasteiger partial charge is 0.305 e. The molecule has 0 saturated heterocycles. The lowest BCUT2D eigenvalue weighted by molar-refractivity contribution is -0.143. The monoisotopic (exact) mass is 860 g/mol. The lowest BCUT2D eigenvalue weighted by atomic mass is 10.0. The Kier molecular flexibility index (Phi) is 49.6. The van der Waals surface area contributed by atoms with Gasteiger partial charge in [-0.05, 0) is 57.8 Å². The second kappa shape index (κ2) is 51.0. The first kappa shape index (κ1) is 59.3. The summed E-state index contributed by atoms with van der Waals surface area (Å²) in [6.07, 6.45) is 60.0. The van der Waals surface area contributed by atoms with E-state index in [1.54, 1.807) is 0 Å². The maximum atomic E-state index is 12.5. The van der Waals surface area contributed by atoms with Crippen LogP contribution >= 0.6 is 0 Å². The number of allylic oxidation sites excluding steroid dienone is 4. The first-order valence-electron chi connectivity index (χ1n) is 27.1. The van der Waals surface area contributed by atoms with Crippen LogP contribution in [0, 0.1) is 0 Å². The van der Waals surface area contributed by atoms with E-state index in [1.807, 2.05) is 0 Å². The van der Waals surface area contributed by atoms with Crippen molar-refractivity contribution in [1.82, 2.24) is 5.32 Å². The van der Waals surface area contributed by atoms with E-state index in [9.17, 15) is 19.8 Å². The number of ether oxygens (including phenoxy) is 1. The SMILES string of the molecule is CCCCC/C=C\C/C=C\CCCCCCCC(=O)OCCCCCCCCCCCCC(=O)NC(CO)C(O)CCCCCCCCCCCCCCCCCCCCC. The summed E-state index contributed by atoms with van der Waals surface area (Å²) in [6.45, 7) is 4.88. The molecule has 0 aliphatic carbocycles. The lowest BCUT2D eigenvalue weighted by Gasteiger charge is -2.22. The van der Waals surface area contributed by atoms with Gasteiger partial charge < -0.3 is 20.3 Å². The third-order valence-corrected chi connectivity index (χ3v) is 12.5. The Hall–Kier alpha value is -1.66. The Morgan fingerprint density at radius 1 is 0.459 bits per heavy atom. The van der Waals surface area contributed by atoms with Gasteiger partial charge in [-0.15, -0.1) is 0 Å². The predicted octanol–water partition coefficient (Wildman–Crippen LogP) is 16.3. The lowest BCUT2D eigenvalue weighted by Crippen LogP contribution is -2.45. The molecule has 0 saturated carbocycles. The molecule has 0 bridgehead atoms. The summed E-state index contributed by atoms with van der Waals surface area (Å²) in [5.41, 5.74) is 0. The van der Waals surface area contributed by atoms with Gasteiger partial charge in [-0.25, -0.2) is 0 Å². The topological polar surface area (TPSA) is 95.9 Å². The van der Waals surface area contributed by atoms with Crippen molar-refractivity contribution in [2.75, 3.05) is 13.2 Å². The van der Waals surface area contributed by atoms with Gasteiger partial charge >= 0.3 is 5.97 Å². The summed E-state index contributed by atoms with van der Waals surface area (Å²) < 4.78 is 5.45. The van der Waals surface area contributed by atoms with Crippen LogP contribution in [0.1, 0.15) is 290 Å². The van der Waals surface area contributed by atoms with Crippen LogP contribution in [0.4, 0.5) is 0 Å². The normalized spacial score (nSPS) is 12.8. The first-order chi connectivity index (χ1) is 30.0. The highest BCUT2D eigenvalue weighted by Gasteiger charge is 2.20. The van der Waals surface area contributed by atoms with Gasteiger partial charge in [0.25, 0.3) is 0 Å². The molecule has 0 spiro atoms. The molecule has 0 aromatic carbocycles. The minimum atomic E-state index is -0.680. The van der Waals surface area contributed by atoms with Crippen molar-refractivity contribution < 1.29 is 24.5 Å². The van der Waals surface area contributed by atoms with Gasteiger partial charge in [-0.1, -0.05) is 244 Å². The van der Waals surface area contributed by atoms with Gasteiger partial charge in [-0.2, -0.15) is 0 Å². The largest absolute Gasteiger partial charge is 0.466 e. The highest BCUT2D eigenvalue weighted by Crippen LogP contribution is 2.17. The number of rotatable bonds is 50. The molecule has 360 valence electrons. The highest BCUT2D eigenvalue weighted by atomic mass is 16.5. The maximum Gasteiger partial charge on any atom is 0.305 e. The second-order valence-corrected chi connectivity index (χ2v) is 18.6.